The summed E-state index contributed by atoms with van der Waals surface area (Å²) in [5, 5.41) is 12.4. The molecule has 0 radical (unpaired) electrons. The second kappa shape index (κ2) is 11.6. The Morgan fingerprint density at radius 2 is 1.88 bits per heavy atom. The van der Waals surface area contributed by atoms with Gasteiger partial charge in [-0.05, 0) is 35.2 Å². The number of ether oxygens (including phenoxy) is 2. The molecule has 0 spiro atoms. The molecule has 210 valence electrons. The number of pyridine rings is 1. The van der Waals surface area contributed by atoms with Crippen LogP contribution in [0, 0.1) is 0 Å². The first-order valence-corrected chi connectivity index (χ1v) is 15.1. The number of thioether (sulfide) groups is 1. The SMILES string of the molecule is COc1cc(OC)cc(-c2c(C(=O)O)c(CSc3nccn3C)nc3sc4c(c23)CCN(Cc2ccccc2)C4)c1. The van der Waals surface area contributed by atoms with E-state index in [0.717, 1.165) is 47.0 Å². The van der Waals surface area contributed by atoms with Crippen LogP contribution in [-0.4, -0.2) is 51.3 Å². The summed E-state index contributed by atoms with van der Waals surface area (Å²) in [7, 11) is 5.12. The van der Waals surface area contributed by atoms with Crippen LogP contribution in [0.25, 0.3) is 21.3 Å². The summed E-state index contributed by atoms with van der Waals surface area (Å²) in [4.78, 5) is 26.9. The van der Waals surface area contributed by atoms with Crippen molar-refractivity contribution in [3.05, 3.63) is 88.2 Å². The van der Waals surface area contributed by atoms with E-state index in [-0.39, 0.29) is 5.56 Å². The molecule has 0 atom stereocenters. The smallest absolute Gasteiger partial charge is 0.338 e. The van der Waals surface area contributed by atoms with Crippen LogP contribution in [0.4, 0.5) is 0 Å². The number of carboxylic acid groups (broad SMARTS) is 1. The van der Waals surface area contributed by atoms with E-state index in [2.05, 4.69) is 34.1 Å². The molecule has 0 fully saturated rings. The van der Waals surface area contributed by atoms with Gasteiger partial charge in [-0.3, -0.25) is 4.90 Å². The molecule has 1 N–H and O–H groups in total. The predicted molar refractivity (Wildman–Crippen MR) is 162 cm³/mol. The van der Waals surface area contributed by atoms with Crippen molar-refractivity contribution in [1.82, 2.24) is 19.4 Å². The van der Waals surface area contributed by atoms with Crippen LogP contribution in [0.2, 0.25) is 0 Å². The molecule has 10 heteroatoms. The van der Waals surface area contributed by atoms with E-state index in [1.54, 1.807) is 37.8 Å². The van der Waals surface area contributed by atoms with E-state index in [9.17, 15) is 9.90 Å². The fourth-order valence-electron chi connectivity index (χ4n) is 5.40. The van der Waals surface area contributed by atoms with Crippen molar-refractivity contribution in [2.75, 3.05) is 20.8 Å². The molecule has 0 saturated heterocycles. The summed E-state index contributed by atoms with van der Waals surface area (Å²) in [5.41, 5.74) is 4.60. The Labute approximate surface area is 246 Å². The lowest BCUT2D eigenvalue weighted by Gasteiger charge is -2.27. The molecule has 0 saturated carbocycles. The van der Waals surface area contributed by atoms with E-state index in [1.807, 2.05) is 36.0 Å². The number of carbonyl (C=O) groups is 1. The third-order valence-corrected chi connectivity index (χ3v) is 9.54. The molecule has 6 rings (SSSR count). The Morgan fingerprint density at radius 3 is 2.54 bits per heavy atom. The zero-order valence-corrected chi connectivity index (χ0v) is 24.7. The second-order valence-corrected chi connectivity index (χ2v) is 12.0. The van der Waals surface area contributed by atoms with Crippen molar-refractivity contribution in [1.29, 1.82) is 0 Å². The molecule has 1 aliphatic rings. The van der Waals surface area contributed by atoms with Crippen molar-refractivity contribution in [2.45, 2.75) is 30.4 Å². The lowest BCUT2D eigenvalue weighted by Crippen LogP contribution is -2.29. The van der Waals surface area contributed by atoms with Gasteiger partial charge in [0, 0.05) is 66.7 Å². The fourth-order valence-corrected chi connectivity index (χ4v) is 7.57. The van der Waals surface area contributed by atoms with Gasteiger partial charge in [0.1, 0.15) is 16.3 Å². The van der Waals surface area contributed by atoms with Gasteiger partial charge in [0.15, 0.2) is 5.16 Å². The Kier molecular flexibility index (Phi) is 7.70. The highest BCUT2D eigenvalue weighted by molar-refractivity contribution is 7.98. The number of hydrogen-bond acceptors (Lipinski definition) is 8. The summed E-state index contributed by atoms with van der Waals surface area (Å²) in [6.07, 6.45) is 4.43. The maximum absolute atomic E-state index is 13.0. The largest absolute Gasteiger partial charge is 0.497 e. The summed E-state index contributed by atoms with van der Waals surface area (Å²) in [6.45, 7) is 2.55. The molecule has 0 aliphatic carbocycles. The minimum absolute atomic E-state index is 0.210. The number of thiophene rings is 1. The lowest BCUT2D eigenvalue weighted by molar-refractivity contribution is 0.0696. The standard InChI is InChI=1S/C31H30N4O4S2/c1-34-12-10-32-31(34)40-18-24-28(30(36)37)26(20-13-21(38-2)15-22(14-20)39-3)27-23-9-11-35(16-19-7-5-4-6-8-19)17-25(23)41-29(27)33-24/h4-8,10,12-15H,9,11,16-18H2,1-3H3,(H,36,37). The van der Waals surface area contributed by atoms with Crippen molar-refractivity contribution in [3.8, 4) is 22.6 Å². The molecule has 0 amide bonds. The zero-order chi connectivity index (χ0) is 28.5. The van der Waals surface area contributed by atoms with Gasteiger partial charge in [-0.1, -0.05) is 42.1 Å². The number of rotatable bonds is 9. The van der Waals surface area contributed by atoms with Gasteiger partial charge >= 0.3 is 5.97 Å². The first kappa shape index (κ1) is 27.3. The van der Waals surface area contributed by atoms with E-state index < -0.39 is 5.97 Å². The topological polar surface area (TPSA) is 89.7 Å². The normalized spacial score (nSPS) is 13.3. The fraction of sp³-hybridized carbons (Fsp3) is 0.258. The molecule has 0 unspecified atom stereocenters. The maximum Gasteiger partial charge on any atom is 0.338 e. The van der Waals surface area contributed by atoms with Gasteiger partial charge < -0.3 is 19.1 Å². The van der Waals surface area contributed by atoms with E-state index in [4.69, 9.17) is 14.5 Å². The van der Waals surface area contributed by atoms with Gasteiger partial charge in [-0.2, -0.15) is 0 Å². The number of methoxy groups -OCH3 is 2. The first-order valence-electron chi connectivity index (χ1n) is 13.3. The molecule has 2 aromatic carbocycles. The summed E-state index contributed by atoms with van der Waals surface area (Å²) in [6, 6.07) is 16.0. The summed E-state index contributed by atoms with van der Waals surface area (Å²) < 4.78 is 13.1. The van der Waals surface area contributed by atoms with Crippen LogP contribution in [-0.2, 0) is 32.3 Å². The van der Waals surface area contributed by atoms with E-state index in [0.29, 0.717) is 28.5 Å². The number of aromatic nitrogens is 3. The molecule has 1 aliphatic heterocycles. The number of benzene rings is 2. The molecule has 4 heterocycles. The highest BCUT2D eigenvalue weighted by atomic mass is 32.2. The molecule has 5 aromatic rings. The molecule has 3 aromatic heterocycles. The minimum atomic E-state index is -1.01. The molecule has 8 nitrogen and oxygen atoms in total. The molecule has 41 heavy (non-hydrogen) atoms. The number of fused-ring (bicyclic) bond motifs is 3. The average Bonchev–Trinajstić information content (AvgIpc) is 3.57. The van der Waals surface area contributed by atoms with Crippen molar-refractivity contribution < 1.29 is 19.4 Å². The van der Waals surface area contributed by atoms with E-state index in [1.165, 1.54) is 27.8 Å². The number of aromatic carboxylic acids is 1. The quantitative estimate of drug-likeness (QED) is 0.202. The third-order valence-electron chi connectivity index (χ3n) is 7.36. The minimum Gasteiger partial charge on any atom is -0.497 e. The van der Waals surface area contributed by atoms with Gasteiger partial charge in [-0.25, -0.2) is 14.8 Å². The predicted octanol–water partition coefficient (Wildman–Crippen LogP) is 6.26. The Hall–Kier alpha value is -3.86. The number of imidazole rings is 1. The summed E-state index contributed by atoms with van der Waals surface area (Å²) >= 11 is 3.14. The van der Waals surface area contributed by atoms with Crippen molar-refractivity contribution in [2.24, 2.45) is 7.05 Å². The molecule has 0 bridgehead atoms. The van der Waals surface area contributed by atoms with E-state index >= 15 is 0 Å². The van der Waals surface area contributed by atoms with Crippen molar-refractivity contribution in [3.63, 3.8) is 0 Å². The van der Waals surface area contributed by atoms with Gasteiger partial charge in [0.2, 0.25) is 0 Å². The van der Waals surface area contributed by atoms with Crippen LogP contribution in [0.5, 0.6) is 11.5 Å². The third kappa shape index (κ3) is 5.42. The van der Waals surface area contributed by atoms with Crippen molar-refractivity contribution >= 4 is 39.3 Å². The van der Waals surface area contributed by atoms with Crippen LogP contribution >= 0.6 is 23.1 Å². The second-order valence-electron chi connectivity index (χ2n) is 9.95. The highest BCUT2D eigenvalue weighted by Gasteiger charge is 2.29. The van der Waals surface area contributed by atoms with Crippen LogP contribution in [0.3, 0.4) is 0 Å². The van der Waals surface area contributed by atoms with Gasteiger partial charge in [-0.15, -0.1) is 11.3 Å². The molecular formula is C31H30N4O4S2. The molecular weight excluding hydrogens is 556 g/mol. The lowest BCUT2D eigenvalue weighted by atomic mass is 9.91. The van der Waals surface area contributed by atoms with Crippen LogP contribution in [0.1, 0.15) is 32.1 Å². The first-order chi connectivity index (χ1) is 19.9. The number of nitrogens with zero attached hydrogens (tertiary/aromatic N) is 4. The maximum atomic E-state index is 13.0. The number of carboxylic acids is 1. The Bertz CT molecular complexity index is 1710. The Morgan fingerprint density at radius 1 is 1.12 bits per heavy atom. The average molecular weight is 587 g/mol. The van der Waals surface area contributed by atoms with Crippen LogP contribution < -0.4 is 9.47 Å². The highest BCUT2D eigenvalue weighted by Crippen LogP contribution is 2.45. The summed E-state index contributed by atoms with van der Waals surface area (Å²) in [5.74, 6) is 0.567. The van der Waals surface area contributed by atoms with Crippen LogP contribution in [0.15, 0.2) is 66.1 Å². The van der Waals surface area contributed by atoms with Gasteiger partial charge in [0.05, 0.1) is 25.5 Å². The monoisotopic (exact) mass is 586 g/mol. The van der Waals surface area contributed by atoms with Gasteiger partial charge in [0.25, 0.3) is 0 Å². The Balaban J connectivity index is 1.51. The number of aryl methyl sites for hydroxylation is 1. The zero-order valence-electron chi connectivity index (χ0n) is 23.1. The number of hydrogen-bond donors (Lipinski definition) is 1.